The minimum absolute atomic E-state index is 0.0157. The third-order valence-electron chi connectivity index (χ3n) is 2.69. The number of halogens is 1. The Morgan fingerprint density at radius 3 is 2.82 bits per heavy atom. The predicted octanol–water partition coefficient (Wildman–Crippen LogP) is 3.03. The van der Waals surface area contributed by atoms with Crippen LogP contribution in [0.3, 0.4) is 0 Å². The molecule has 1 heterocycles. The first kappa shape index (κ1) is 14.2. The molecule has 0 aromatic carbocycles. The van der Waals surface area contributed by atoms with Crippen molar-refractivity contribution < 1.29 is 4.79 Å². The van der Waals surface area contributed by atoms with E-state index in [9.17, 15) is 4.79 Å². The molecule has 0 saturated carbocycles. The predicted molar refractivity (Wildman–Crippen MR) is 73.6 cm³/mol. The van der Waals surface area contributed by atoms with Crippen LogP contribution in [0.4, 0.5) is 0 Å². The molecule has 0 radical (unpaired) electrons. The Kier molecular flexibility index (Phi) is 6.19. The van der Waals surface area contributed by atoms with E-state index >= 15 is 0 Å². The van der Waals surface area contributed by atoms with Gasteiger partial charge in [-0.05, 0) is 31.4 Å². The van der Waals surface area contributed by atoms with Crippen molar-refractivity contribution in [3.05, 3.63) is 29.6 Å². The van der Waals surface area contributed by atoms with Crippen molar-refractivity contribution in [2.45, 2.75) is 26.2 Å². The Morgan fingerprint density at radius 2 is 2.18 bits per heavy atom. The normalized spacial score (nSPS) is 10.3. The molecule has 3 nitrogen and oxygen atoms in total. The second-order valence-corrected chi connectivity index (χ2v) is 4.94. The zero-order valence-corrected chi connectivity index (χ0v) is 12.0. The Labute approximate surface area is 111 Å². The van der Waals surface area contributed by atoms with E-state index in [1.165, 1.54) is 0 Å². The van der Waals surface area contributed by atoms with Crippen molar-refractivity contribution in [1.82, 2.24) is 9.88 Å². The van der Waals surface area contributed by atoms with E-state index < -0.39 is 0 Å². The van der Waals surface area contributed by atoms with Crippen LogP contribution in [0.1, 0.15) is 35.3 Å². The average Bonchev–Trinajstić information content (AvgIpc) is 2.34. The van der Waals surface area contributed by atoms with Gasteiger partial charge in [0.05, 0.1) is 0 Å². The summed E-state index contributed by atoms with van der Waals surface area (Å²) in [5.41, 5.74) is 1.50. The first-order valence-corrected chi connectivity index (χ1v) is 7.02. The number of aromatic nitrogens is 1. The standard InChI is InChI=1S/C13H19BrN2O/c1-11-7-6-9-15-12(11)13(17)16(2)10-5-3-4-8-14/h6-7,9H,3-5,8,10H2,1-2H3. The fourth-order valence-corrected chi connectivity index (χ4v) is 2.01. The van der Waals surface area contributed by atoms with Crippen LogP contribution in [0.2, 0.25) is 0 Å². The third kappa shape index (κ3) is 4.46. The summed E-state index contributed by atoms with van der Waals surface area (Å²) in [6.45, 7) is 2.71. The molecule has 1 aromatic rings. The third-order valence-corrected chi connectivity index (χ3v) is 3.25. The summed E-state index contributed by atoms with van der Waals surface area (Å²) in [5, 5.41) is 1.03. The average molecular weight is 299 g/mol. The monoisotopic (exact) mass is 298 g/mol. The molecule has 0 aliphatic rings. The van der Waals surface area contributed by atoms with E-state index in [4.69, 9.17) is 0 Å². The number of carbonyl (C=O) groups is 1. The molecule has 0 aliphatic carbocycles. The van der Waals surface area contributed by atoms with Gasteiger partial charge in [-0.25, -0.2) is 0 Å². The van der Waals surface area contributed by atoms with Gasteiger partial charge in [-0.15, -0.1) is 0 Å². The molecule has 0 aliphatic heterocycles. The van der Waals surface area contributed by atoms with Crippen molar-refractivity contribution in [3.63, 3.8) is 0 Å². The summed E-state index contributed by atoms with van der Waals surface area (Å²) < 4.78 is 0. The molecule has 0 unspecified atom stereocenters. The first-order chi connectivity index (χ1) is 8.16. The lowest BCUT2D eigenvalue weighted by Gasteiger charge is -2.17. The van der Waals surface area contributed by atoms with E-state index in [1.807, 2.05) is 26.1 Å². The molecular formula is C13H19BrN2O. The van der Waals surface area contributed by atoms with Crippen molar-refractivity contribution in [3.8, 4) is 0 Å². The Balaban J connectivity index is 2.49. The zero-order chi connectivity index (χ0) is 12.7. The molecule has 0 saturated heterocycles. The number of amides is 1. The Morgan fingerprint density at radius 1 is 1.41 bits per heavy atom. The van der Waals surface area contributed by atoms with Gasteiger partial charge in [0.1, 0.15) is 5.69 Å². The lowest BCUT2D eigenvalue weighted by Crippen LogP contribution is -2.29. The molecule has 17 heavy (non-hydrogen) atoms. The van der Waals surface area contributed by atoms with Gasteiger partial charge in [-0.2, -0.15) is 0 Å². The highest BCUT2D eigenvalue weighted by atomic mass is 79.9. The van der Waals surface area contributed by atoms with Gasteiger partial charge in [0.15, 0.2) is 0 Å². The Bertz CT molecular complexity index is 368. The first-order valence-electron chi connectivity index (χ1n) is 5.90. The lowest BCUT2D eigenvalue weighted by atomic mass is 10.2. The molecular weight excluding hydrogens is 280 g/mol. The smallest absolute Gasteiger partial charge is 0.272 e. The number of hydrogen-bond donors (Lipinski definition) is 0. The number of alkyl halides is 1. The summed E-state index contributed by atoms with van der Waals surface area (Å²) in [5.74, 6) is 0.0157. The number of hydrogen-bond acceptors (Lipinski definition) is 2. The maximum Gasteiger partial charge on any atom is 0.272 e. The fraction of sp³-hybridized carbons (Fsp3) is 0.538. The van der Waals surface area contributed by atoms with Gasteiger partial charge < -0.3 is 4.90 Å². The molecule has 4 heteroatoms. The molecule has 1 aromatic heterocycles. The number of aryl methyl sites for hydroxylation is 1. The molecule has 0 bridgehead atoms. The fourth-order valence-electron chi connectivity index (χ4n) is 1.61. The van der Waals surface area contributed by atoms with Crippen LogP contribution in [-0.4, -0.2) is 34.7 Å². The van der Waals surface area contributed by atoms with E-state index in [2.05, 4.69) is 20.9 Å². The number of pyridine rings is 1. The van der Waals surface area contributed by atoms with Crippen LogP contribution in [0.5, 0.6) is 0 Å². The van der Waals surface area contributed by atoms with E-state index in [0.717, 1.165) is 36.7 Å². The Hall–Kier alpha value is -0.900. The topological polar surface area (TPSA) is 33.2 Å². The summed E-state index contributed by atoms with van der Waals surface area (Å²) in [6, 6.07) is 3.76. The highest BCUT2D eigenvalue weighted by Gasteiger charge is 2.14. The van der Waals surface area contributed by atoms with Crippen LogP contribution in [0, 0.1) is 6.92 Å². The molecule has 1 rings (SSSR count). The van der Waals surface area contributed by atoms with Crippen LogP contribution in [-0.2, 0) is 0 Å². The van der Waals surface area contributed by atoms with E-state index in [1.54, 1.807) is 11.1 Å². The largest absolute Gasteiger partial charge is 0.340 e. The second-order valence-electron chi connectivity index (χ2n) is 4.15. The number of unbranched alkanes of at least 4 members (excludes halogenated alkanes) is 2. The van der Waals surface area contributed by atoms with Crippen molar-refractivity contribution in [2.75, 3.05) is 18.9 Å². The molecule has 0 fully saturated rings. The molecule has 0 N–H and O–H groups in total. The maximum absolute atomic E-state index is 12.1. The minimum atomic E-state index is 0.0157. The maximum atomic E-state index is 12.1. The van der Waals surface area contributed by atoms with Gasteiger partial charge in [0.25, 0.3) is 5.91 Å². The zero-order valence-electron chi connectivity index (χ0n) is 10.4. The van der Waals surface area contributed by atoms with E-state index in [0.29, 0.717) is 5.69 Å². The summed E-state index contributed by atoms with van der Waals surface area (Å²) >= 11 is 3.40. The highest BCUT2D eigenvalue weighted by molar-refractivity contribution is 9.09. The van der Waals surface area contributed by atoms with Crippen LogP contribution >= 0.6 is 15.9 Å². The summed E-state index contributed by atoms with van der Waals surface area (Å²) in [4.78, 5) is 18.0. The number of rotatable bonds is 6. The summed E-state index contributed by atoms with van der Waals surface area (Å²) in [7, 11) is 1.84. The quantitative estimate of drug-likeness (QED) is 0.597. The van der Waals surface area contributed by atoms with E-state index in [-0.39, 0.29) is 5.91 Å². The van der Waals surface area contributed by atoms with Crippen LogP contribution in [0.25, 0.3) is 0 Å². The van der Waals surface area contributed by atoms with Gasteiger partial charge in [-0.1, -0.05) is 28.4 Å². The molecule has 0 spiro atoms. The summed E-state index contributed by atoms with van der Waals surface area (Å²) in [6.07, 6.45) is 5.01. The van der Waals surface area contributed by atoms with Gasteiger partial charge >= 0.3 is 0 Å². The minimum Gasteiger partial charge on any atom is -0.340 e. The van der Waals surface area contributed by atoms with Gasteiger partial charge in [0.2, 0.25) is 0 Å². The van der Waals surface area contributed by atoms with Crippen molar-refractivity contribution in [1.29, 1.82) is 0 Å². The highest BCUT2D eigenvalue weighted by Crippen LogP contribution is 2.07. The van der Waals surface area contributed by atoms with Gasteiger partial charge in [-0.3, -0.25) is 9.78 Å². The number of carbonyl (C=O) groups excluding carboxylic acids is 1. The van der Waals surface area contributed by atoms with Crippen molar-refractivity contribution in [2.24, 2.45) is 0 Å². The molecule has 94 valence electrons. The van der Waals surface area contributed by atoms with Crippen LogP contribution < -0.4 is 0 Å². The van der Waals surface area contributed by atoms with Crippen LogP contribution in [0.15, 0.2) is 18.3 Å². The lowest BCUT2D eigenvalue weighted by molar-refractivity contribution is 0.0786. The van der Waals surface area contributed by atoms with Crippen molar-refractivity contribution >= 4 is 21.8 Å². The molecule has 1 amide bonds. The second kappa shape index (κ2) is 7.43. The SMILES string of the molecule is Cc1cccnc1C(=O)N(C)CCCCCBr. The number of nitrogens with zero attached hydrogens (tertiary/aromatic N) is 2. The van der Waals surface area contributed by atoms with Gasteiger partial charge in [0, 0.05) is 25.1 Å². The molecule has 0 atom stereocenters.